The minimum atomic E-state index is -0.715. The second-order valence-corrected chi connectivity index (χ2v) is 6.99. The van der Waals surface area contributed by atoms with Crippen LogP contribution in [0.2, 0.25) is 6.32 Å². The maximum Gasteiger partial charge on any atom is 0.458 e. The van der Waals surface area contributed by atoms with Crippen molar-refractivity contribution in [1.82, 2.24) is 0 Å². The van der Waals surface area contributed by atoms with Gasteiger partial charge in [-0.05, 0) is 48.3 Å². The summed E-state index contributed by atoms with van der Waals surface area (Å²) in [5.41, 5.74) is 3.00. The van der Waals surface area contributed by atoms with E-state index in [4.69, 9.17) is 4.65 Å². The van der Waals surface area contributed by atoms with Crippen LogP contribution < -0.4 is 0 Å². The van der Waals surface area contributed by atoms with Gasteiger partial charge in [0.15, 0.2) is 0 Å². The third kappa shape index (κ3) is 5.08. The van der Waals surface area contributed by atoms with Gasteiger partial charge in [-0.25, -0.2) is 0 Å². The molecule has 1 heterocycles. The van der Waals surface area contributed by atoms with Crippen molar-refractivity contribution in [2.45, 2.75) is 25.3 Å². The van der Waals surface area contributed by atoms with Gasteiger partial charge in [0, 0.05) is 16.4 Å². The molecule has 0 aliphatic carbocycles. The van der Waals surface area contributed by atoms with Crippen LogP contribution in [0, 0.1) is 0 Å². The number of phenolic OH excluding ortho intramolecular Hbond substituents is 1. The third-order valence-corrected chi connectivity index (χ3v) is 4.68. The van der Waals surface area contributed by atoms with Gasteiger partial charge in [-0.3, -0.25) is 0 Å². The van der Waals surface area contributed by atoms with Gasteiger partial charge in [-0.2, -0.15) is 0 Å². The number of phenols is 1. The first-order valence-corrected chi connectivity index (χ1v) is 9.16. The van der Waals surface area contributed by atoms with Gasteiger partial charge >= 0.3 is 7.12 Å². The predicted octanol–water partition coefficient (Wildman–Crippen LogP) is 4.91. The molecule has 5 heteroatoms. The van der Waals surface area contributed by atoms with Crippen LogP contribution in [0.4, 0.5) is 0 Å². The lowest BCUT2D eigenvalue weighted by Gasteiger charge is -2.21. The summed E-state index contributed by atoms with van der Waals surface area (Å²) in [5.74, 6) is 0.251. The lowest BCUT2D eigenvalue weighted by atomic mass is 9.82. The van der Waals surface area contributed by atoms with Crippen LogP contribution in [0.5, 0.6) is 5.75 Å². The van der Waals surface area contributed by atoms with Crippen molar-refractivity contribution in [1.29, 1.82) is 0 Å². The zero-order valence-electron chi connectivity index (χ0n) is 13.8. The van der Waals surface area contributed by atoms with Gasteiger partial charge in [0.05, 0.1) is 6.10 Å². The highest BCUT2D eigenvalue weighted by atomic mass is 79.9. The Morgan fingerprint density at radius 1 is 1.24 bits per heavy atom. The van der Waals surface area contributed by atoms with Crippen LogP contribution >= 0.6 is 15.9 Å². The molecule has 0 fully saturated rings. The lowest BCUT2D eigenvalue weighted by Crippen LogP contribution is -2.27. The van der Waals surface area contributed by atoms with Gasteiger partial charge in [-0.15, -0.1) is 0 Å². The molecule has 0 bridgehead atoms. The van der Waals surface area contributed by atoms with Crippen LogP contribution in [-0.2, 0) is 4.65 Å². The molecular formula is C20H20BBrO3. The highest BCUT2D eigenvalue weighted by Crippen LogP contribution is 2.30. The molecule has 0 saturated heterocycles. The number of rotatable bonds is 5. The molecule has 0 radical (unpaired) electrons. The molecule has 0 unspecified atom stereocenters. The van der Waals surface area contributed by atoms with Crippen LogP contribution in [0.15, 0.2) is 65.2 Å². The highest BCUT2D eigenvalue weighted by Gasteiger charge is 2.20. The van der Waals surface area contributed by atoms with Crippen molar-refractivity contribution in [2.75, 3.05) is 0 Å². The number of aromatic hydroxyl groups is 1. The molecule has 1 aliphatic rings. The van der Waals surface area contributed by atoms with Gasteiger partial charge in [0.2, 0.25) is 0 Å². The van der Waals surface area contributed by atoms with Gasteiger partial charge < -0.3 is 14.8 Å². The fraction of sp³-hybridized carbons (Fsp3) is 0.200. The molecule has 2 aromatic rings. The average Bonchev–Trinajstić information content (AvgIpc) is 2.62. The molecule has 3 nitrogen and oxygen atoms in total. The summed E-state index contributed by atoms with van der Waals surface area (Å²) in [6, 6.07) is 15.5. The minimum absolute atomic E-state index is 0.0908. The molecular weight excluding hydrogens is 379 g/mol. The summed E-state index contributed by atoms with van der Waals surface area (Å²) in [6.45, 7) is 0. The first-order valence-electron chi connectivity index (χ1n) is 8.36. The van der Waals surface area contributed by atoms with Gasteiger partial charge in [-0.1, -0.05) is 58.4 Å². The molecule has 2 N–H and O–H groups in total. The lowest BCUT2D eigenvalue weighted by molar-refractivity contribution is 0.193. The number of benzene rings is 2. The Labute approximate surface area is 156 Å². The molecule has 1 atom stereocenters. The molecule has 3 rings (SSSR count). The van der Waals surface area contributed by atoms with Crippen molar-refractivity contribution in [2.24, 2.45) is 0 Å². The molecule has 2 aromatic carbocycles. The molecule has 25 heavy (non-hydrogen) atoms. The maximum atomic E-state index is 10.1. The first kappa shape index (κ1) is 18.0. The van der Waals surface area contributed by atoms with E-state index in [9.17, 15) is 10.1 Å². The summed E-state index contributed by atoms with van der Waals surface area (Å²) in [4.78, 5) is 0. The van der Waals surface area contributed by atoms with Crippen LogP contribution in [0.1, 0.15) is 24.0 Å². The van der Waals surface area contributed by atoms with E-state index in [1.54, 1.807) is 6.07 Å². The normalized spacial score (nSPS) is 17.8. The zero-order chi connectivity index (χ0) is 17.6. The van der Waals surface area contributed by atoms with E-state index in [1.807, 2.05) is 48.6 Å². The summed E-state index contributed by atoms with van der Waals surface area (Å²) < 4.78 is 6.47. The number of allylic oxidation sites excluding steroid dienone is 2. The van der Waals surface area contributed by atoms with Gasteiger partial charge in [0.1, 0.15) is 5.75 Å². The maximum absolute atomic E-state index is 10.1. The number of halogens is 1. The Balaban J connectivity index is 1.85. The molecule has 0 saturated carbocycles. The average molecular weight is 399 g/mol. The minimum Gasteiger partial charge on any atom is -0.507 e. The zero-order valence-corrected chi connectivity index (χ0v) is 15.4. The fourth-order valence-corrected chi connectivity index (χ4v) is 3.27. The molecule has 0 spiro atoms. The summed E-state index contributed by atoms with van der Waals surface area (Å²) in [7, 11) is -0.715. The van der Waals surface area contributed by atoms with Crippen LogP contribution in [-0.4, -0.2) is 23.4 Å². The molecule has 1 aliphatic heterocycles. The topological polar surface area (TPSA) is 49.7 Å². The molecule has 0 amide bonds. The SMILES string of the molecule is OB1CC=C[C@@H](CC/C(=C/c2cc(Br)ccc2O)c2ccccc2)O1. The Morgan fingerprint density at radius 2 is 2.04 bits per heavy atom. The van der Waals surface area contributed by atoms with Crippen molar-refractivity contribution in [3.63, 3.8) is 0 Å². The van der Waals surface area contributed by atoms with E-state index in [1.165, 1.54) is 0 Å². The Morgan fingerprint density at radius 3 is 2.80 bits per heavy atom. The van der Waals surface area contributed by atoms with Crippen molar-refractivity contribution >= 4 is 34.7 Å². The van der Waals surface area contributed by atoms with E-state index in [0.29, 0.717) is 6.32 Å². The van der Waals surface area contributed by atoms with E-state index in [-0.39, 0.29) is 11.9 Å². The first-order chi connectivity index (χ1) is 12.1. The van der Waals surface area contributed by atoms with Crippen molar-refractivity contribution < 1.29 is 14.8 Å². The Kier molecular flexibility index (Phi) is 6.13. The summed E-state index contributed by atoms with van der Waals surface area (Å²) >= 11 is 3.45. The number of hydrogen-bond acceptors (Lipinski definition) is 3. The predicted molar refractivity (Wildman–Crippen MR) is 106 cm³/mol. The smallest absolute Gasteiger partial charge is 0.458 e. The molecule has 128 valence electrons. The van der Waals surface area contributed by atoms with Crippen molar-refractivity contribution in [3.05, 3.63) is 76.3 Å². The summed E-state index contributed by atoms with van der Waals surface area (Å²) in [6.07, 6.45) is 7.98. The molecule has 0 aromatic heterocycles. The van der Waals surface area contributed by atoms with E-state index in [0.717, 1.165) is 34.0 Å². The summed E-state index contributed by atoms with van der Waals surface area (Å²) in [5, 5.41) is 19.8. The van der Waals surface area contributed by atoms with Crippen molar-refractivity contribution in [3.8, 4) is 5.75 Å². The van der Waals surface area contributed by atoms with E-state index >= 15 is 0 Å². The van der Waals surface area contributed by atoms with Crippen LogP contribution in [0.25, 0.3) is 11.6 Å². The largest absolute Gasteiger partial charge is 0.507 e. The second-order valence-electron chi connectivity index (χ2n) is 6.07. The standard InChI is InChI=1S/C20H20BBrO3/c22-18-9-11-20(23)17(14-18)13-16(15-5-2-1-3-6-15)8-10-19-7-4-12-21(24)25-19/h1-7,9,11,13-14,19,23-24H,8,10,12H2/b16-13-/t19-/m0/s1. The Hall–Kier alpha value is -1.82. The Bertz CT molecular complexity index is 774. The van der Waals surface area contributed by atoms with E-state index < -0.39 is 7.12 Å². The quantitative estimate of drug-likeness (QED) is 0.427. The van der Waals surface area contributed by atoms with E-state index in [2.05, 4.69) is 28.1 Å². The van der Waals surface area contributed by atoms with Gasteiger partial charge in [0.25, 0.3) is 0 Å². The fourth-order valence-electron chi connectivity index (χ4n) is 2.89. The monoisotopic (exact) mass is 398 g/mol. The second kappa shape index (κ2) is 8.52. The number of hydrogen-bond donors (Lipinski definition) is 2. The highest BCUT2D eigenvalue weighted by molar-refractivity contribution is 9.10. The third-order valence-electron chi connectivity index (χ3n) is 4.18. The van der Waals surface area contributed by atoms with Crippen LogP contribution in [0.3, 0.4) is 0 Å².